The summed E-state index contributed by atoms with van der Waals surface area (Å²) in [4.78, 5) is 15.9. The maximum absolute atomic E-state index is 13.2. The maximum atomic E-state index is 13.2. The topological polar surface area (TPSA) is 42.0 Å². The second-order valence-electron chi connectivity index (χ2n) is 4.48. The Balaban J connectivity index is 2.20. The van der Waals surface area contributed by atoms with Crippen LogP contribution in [0.3, 0.4) is 0 Å². The molecule has 1 aromatic carbocycles. The lowest BCUT2D eigenvalue weighted by atomic mass is 10.0. The Morgan fingerprint density at radius 1 is 1.43 bits per heavy atom. The van der Waals surface area contributed by atoms with Gasteiger partial charge in [0.05, 0.1) is 17.8 Å². The van der Waals surface area contributed by atoms with Crippen molar-refractivity contribution in [3.8, 4) is 0 Å². The highest BCUT2D eigenvalue weighted by atomic mass is 79.9. The Morgan fingerprint density at radius 3 is 2.71 bits per heavy atom. The van der Waals surface area contributed by atoms with Gasteiger partial charge in [0, 0.05) is 4.47 Å². The highest BCUT2D eigenvalue weighted by Gasteiger charge is 2.17. The van der Waals surface area contributed by atoms with E-state index in [1.54, 1.807) is 0 Å². The SMILES string of the molecule is CCC(NC(=O)c1cc(F)cnc1Cl)c1ccc(Br)cc1. The van der Waals surface area contributed by atoms with Crippen LogP contribution in [0.5, 0.6) is 0 Å². The van der Waals surface area contributed by atoms with E-state index in [-0.39, 0.29) is 16.8 Å². The standard InChI is InChI=1S/C15H13BrClFN2O/c1-2-13(9-3-5-10(16)6-4-9)20-15(21)12-7-11(18)8-19-14(12)17/h3-8,13H,2H2,1H3,(H,20,21). The summed E-state index contributed by atoms with van der Waals surface area (Å²) in [6.07, 6.45) is 1.68. The summed E-state index contributed by atoms with van der Waals surface area (Å²) in [5.74, 6) is -1.04. The fraction of sp³-hybridized carbons (Fsp3) is 0.200. The quantitative estimate of drug-likeness (QED) is 0.803. The van der Waals surface area contributed by atoms with Gasteiger partial charge in [-0.1, -0.05) is 46.6 Å². The minimum absolute atomic E-state index is 0.0143. The van der Waals surface area contributed by atoms with Crippen LogP contribution in [0, 0.1) is 5.82 Å². The van der Waals surface area contributed by atoms with E-state index in [1.807, 2.05) is 31.2 Å². The molecule has 2 aromatic rings. The van der Waals surface area contributed by atoms with E-state index in [9.17, 15) is 9.18 Å². The molecule has 2 rings (SSSR count). The van der Waals surface area contributed by atoms with Gasteiger partial charge in [-0.2, -0.15) is 0 Å². The number of benzene rings is 1. The third-order valence-electron chi connectivity index (χ3n) is 3.04. The monoisotopic (exact) mass is 370 g/mol. The number of carbonyl (C=O) groups excluding carboxylic acids is 1. The van der Waals surface area contributed by atoms with Gasteiger partial charge >= 0.3 is 0 Å². The van der Waals surface area contributed by atoms with Crippen LogP contribution in [0.4, 0.5) is 4.39 Å². The van der Waals surface area contributed by atoms with Gasteiger partial charge < -0.3 is 5.32 Å². The second kappa shape index (κ2) is 7.00. The van der Waals surface area contributed by atoms with Gasteiger partial charge in [-0.25, -0.2) is 9.37 Å². The zero-order valence-corrected chi connectivity index (χ0v) is 13.6. The molecule has 1 unspecified atom stereocenters. The summed E-state index contributed by atoms with van der Waals surface area (Å²) in [5.41, 5.74) is 1.00. The van der Waals surface area contributed by atoms with Gasteiger partial charge in [0.25, 0.3) is 5.91 Å². The number of rotatable bonds is 4. The molecule has 0 saturated carbocycles. The average Bonchev–Trinajstić information content (AvgIpc) is 2.48. The van der Waals surface area contributed by atoms with Crippen molar-refractivity contribution >= 4 is 33.4 Å². The largest absolute Gasteiger partial charge is 0.345 e. The van der Waals surface area contributed by atoms with Crippen molar-refractivity contribution in [1.29, 1.82) is 0 Å². The summed E-state index contributed by atoms with van der Waals surface area (Å²) in [7, 11) is 0. The number of nitrogens with zero attached hydrogens (tertiary/aromatic N) is 1. The second-order valence-corrected chi connectivity index (χ2v) is 5.75. The first-order valence-electron chi connectivity index (χ1n) is 6.38. The first kappa shape index (κ1) is 15.9. The summed E-state index contributed by atoms with van der Waals surface area (Å²) < 4.78 is 14.2. The molecular formula is C15H13BrClFN2O. The van der Waals surface area contributed by atoms with Gasteiger partial charge in [0.15, 0.2) is 0 Å². The van der Waals surface area contributed by atoms with E-state index in [0.29, 0.717) is 6.42 Å². The zero-order valence-electron chi connectivity index (χ0n) is 11.2. The highest BCUT2D eigenvalue weighted by molar-refractivity contribution is 9.10. The molecule has 0 aliphatic rings. The summed E-state index contributed by atoms with van der Waals surface area (Å²) in [6.45, 7) is 1.96. The average molecular weight is 372 g/mol. The third kappa shape index (κ3) is 4.02. The van der Waals surface area contributed by atoms with E-state index >= 15 is 0 Å². The number of hydrogen-bond acceptors (Lipinski definition) is 2. The Bertz CT molecular complexity index is 649. The van der Waals surface area contributed by atoms with Crippen molar-refractivity contribution in [2.75, 3.05) is 0 Å². The lowest BCUT2D eigenvalue weighted by Gasteiger charge is -2.18. The minimum atomic E-state index is -0.596. The molecule has 110 valence electrons. The van der Waals surface area contributed by atoms with Crippen molar-refractivity contribution in [2.24, 2.45) is 0 Å². The molecule has 1 N–H and O–H groups in total. The molecular weight excluding hydrogens is 359 g/mol. The van der Waals surface area contributed by atoms with Crippen LogP contribution in [0.15, 0.2) is 41.0 Å². The number of amides is 1. The smallest absolute Gasteiger partial charge is 0.254 e. The number of hydrogen-bond donors (Lipinski definition) is 1. The highest BCUT2D eigenvalue weighted by Crippen LogP contribution is 2.21. The molecule has 3 nitrogen and oxygen atoms in total. The Hall–Kier alpha value is -1.46. The Labute approximate surface area is 135 Å². The molecule has 21 heavy (non-hydrogen) atoms. The predicted octanol–water partition coefficient (Wildman–Crippen LogP) is 4.52. The number of nitrogens with one attached hydrogen (secondary N) is 1. The van der Waals surface area contributed by atoms with Crippen LogP contribution in [0.25, 0.3) is 0 Å². The first-order valence-corrected chi connectivity index (χ1v) is 7.55. The summed E-state index contributed by atoms with van der Waals surface area (Å²) in [6, 6.07) is 8.55. The van der Waals surface area contributed by atoms with Gasteiger partial charge in [-0.05, 0) is 30.2 Å². The van der Waals surface area contributed by atoms with Crippen molar-refractivity contribution < 1.29 is 9.18 Å². The van der Waals surface area contributed by atoms with Gasteiger partial charge in [-0.15, -0.1) is 0 Å². The van der Waals surface area contributed by atoms with Gasteiger partial charge in [-0.3, -0.25) is 4.79 Å². The Morgan fingerprint density at radius 2 is 2.10 bits per heavy atom. The van der Waals surface area contributed by atoms with E-state index in [1.165, 1.54) is 0 Å². The van der Waals surface area contributed by atoms with E-state index in [2.05, 4.69) is 26.2 Å². The number of carbonyl (C=O) groups is 1. The molecule has 1 aromatic heterocycles. The van der Waals surface area contributed by atoms with E-state index in [0.717, 1.165) is 22.3 Å². The number of aromatic nitrogens is 1. The molecule has 1 amide bonds. The van der Waals surface area contributed by atoms with Crippen LogP contribution in [0.2, 0.25) is 5.15 Å². The fourth-order valence-electron chi connectivity index (χ4n) is 1.93. The van der Waals surface area contributed by atoms with Crippen molar-refractivity contribution in [1.82, 2.24) is 10.3 Å². The van der Waals surface area contributed by atoms with Crippen molar-refractivity contribution in [3.63, 3.8) is 0 Å². The molecule has 1 heterocycles. The molecule has 0 saturated heterocycles. The van der Waals surface area contributed by atoms with E-state index < -0.39 is 11.7 Å². The fourth-order valence-corrected chi connectivity index (χ4v) is 2.39. The van der Waals surface area contributed by atoms with Crippen LogP contribution >= 0.6 is 27.5 Å². The van der Waals surface area contributed by atoms with Crippen molar-refractivity contribution in [3.05, 3.63) is 63.1 Å². The van der Waals surface area contributed by atoms with Crippen LogP contribution < -0.4 is 5.32 Å². The maximum Gasteiger partial charge on any atom is 0.254 e. The number of halogens is 3. The van der Waals surface area contributed by atoms with Crippen LogP contribution in [-0.2, 0) is 0 Å². The molecule has 0 fully saturated rings. The summed E-state index contributed by atoms with van der Waals surface area (Å²) >= 11 is 9.21. The molecule has 0 aliphatic carbocycles. The van der Waals surface area contributed by atoms with Gasteiger partial charge in [0.2, 0.25) is 0 Å². The summed E-state index contributed by atoms with van der Waals surface area (Å²) in [5, 5.41) is 2.83. The molecule has 0 aliphatic heterocycles. The van der Waals surface area contributed by atoms with Crippen LogP contribution in [-0.4, -0.2) is 10.9 Å². The lowest BCUT2D eigenvalue weighted by molar-refractivity contribution is 0.0935. The van der Waals surface area contributed by atoms with Crippen LogP contribution in [0.1, 0.15) is 35.3 Å². The predicted molar refractivity (Wildman–Crippen MR) is 83.8 cm³/mol. The zero-order chi connectivity index (χ0) is 15.4. The molecule has 0 spiro atoms. The van der Waals surface area contributed by atoms with Gasteiger partial charge in [0.1, 0.15) is 11.0 Å². The molecule has 1 atom stereocenters. The lowest BCUT2D eigenvalue weighted by Crippen LogP contribution is -2.28. The molecule has 6 heteroatoms. The first-order chi connectivity index (χ1) is 10.0. The third-order valence-corrected chi connectivity index (χ3v) is 3.87. The van der Waals surface area contributed by atoms with Crippen molar-refractivity contribution in [2.45, 2.75) is 19.4 Å². The normalized spacial score (nSPS) is 12.0. The number of pyridine rings is 1. The molecule has 0 bridgehead atoms. The molecule has 0 radical (unpaired) electrons. The minimum Gasteiger partial charge on any atom is -0.345 e. The van der Waals surface area contributed by atoms with E-state index in [4.69, 9.17) is 11.6 Å². The Kier molecular flexibility index (Phi) is 5.31.